The number of carbonyl (C=O) groups excluding carboxylic acids is 1. The fourth-order valence-electron chi connectivity index (χ4n) is 4.01. The quantitative estimate of drug-likeness (QED) is 0.749. The lowest BCUT2D eigenvalue weighted by molar-refractivity contribution is -0.116. The van der Waals surface area contributed by atoms with Crippen molar-refractivity contribution in [2.45, 2.75) is 12.3 Å². The van der Waals surface area contributed by atoms with Crippen molar-refractivity contribution in [1.29, 1.82) is 0 Å². The van der Waals surface area contributed by atoms with Gasteiger partial charge in [0.1, 0.15) is 0 Å². The summed E-state index contributed by atoms with van der Waals surface area (Å²) in [5, 5.41) is 0. The molecule has 4 rings (SSSR count). The van der Waals surface area contributed by atoms with Crippen molar-refractivity contribution in [1.82, 2.24) is 0 Å². The van der Waals surface area contributed by atoms with Crippen molar-refractivity contribution in [3.63, 3.8) is 0 Å². The van der Waals surface area contributed by atoms with E-state index in [4.69, 9.17) is 4.74 Å². The number of benzene rings is 1. The van der Waals surface area contributed by atoms with Gasteiger partial charge < -0.3 is 14.5 Å². The second kappa shape index (κ2) is 4.95. The Morgan fingerprint density at radius 2 is 1.91 bits per heavy atom. The van der Waals surface area contributed by atoms with Crippen LogP contribution in [0.1, 0.15) is 12.5 Å². The third-order valence-electron chi connectivity index (χ3n) is 5.05. The number of fused-ring (bicyclic) bond motifs is 2. The maximum absolute atomic E-state index is 12.0. The van der Waals surface area contributed by atoms with Crippen molar-refractivity contribution < 1.29 is 17.9 Å². The molecule has 0 aliphatic carbocycles. The molecule has 124 valence electrons. The van der Waals surface area contributed by atoms with E-state index >= 15 is 0 Å². The van der Waals surface area contributed by atoms with E-state index in [-0.39, 0.29) is 17.4 Å². The zero-order valence-electron chi connectivity index (χ0n) is 13.1. The minimum absolute atomic E-state index is 0.0356. The van der Waals surface area contributed by atoms with Gasteiger partial charge in [0.2, 0.25) is 5.91 Å². The Morgan fingerprint density at radius 3 is 2.52 bits per heavy atom. The first-order chi connectivity index (χ1) is 10.9. The molecule has 1 amide bonds. The molecule has 0 N–H and O–H groups in total. The fourth-order valence-corrected chi connectivity index (χ4v) is 6.10. The number of amides is 1. The molecular weight excluding hydrogens is 316 g/mol. The van der Waals surface area contributed by atoms with Crippen LogP contribution in [-0.4, -0.2) is 58.7 Å². The van der Waals surface area contributed by atoms with E-state index in [0.717, 1.165) is 30.0 Å². The molecule has 3 aliphatic rings. The van der Waals surface area contributed by atoms with E-state index < -0.39 is 15.3 Å². The van der Waals surface area contributed by atoms with Gasteiger partial charge in [0.25, 0.3) is 0 Å². The minimum Gasteiger partial charge on any atom is -0.378 e. The molecule has 3 aliphatic heterocycles. The standard InChI is InChI=1S/C16H20N2O4S/c1-12(19)18-9-16(10-23(20,21)11-16)14-3-2-13(8-15(14)18)17-4-6-22-7-5-17/h2-3,8H,4-7,9-11H2,1H3. The van der Waals surface area contributed by atoms with Crippen molar-refractivity contribution in [2.75, 3.05) is 54.2 Å². The maximum atomic E-state index is 12.0. The van der Waals surface area contributed by atoms with Crippen molar-refractivity contribution in [3.05, 3.63) is 23.8 Å². The van der Waals surface area contributed by atoms with Gasteiger partial charge in [-0.3, -0.25) is 4.79 Å². The Kier molecular flexibility index (Phi) is 3.22. The molecule has 1 spiro atoms. The van der Waals surface area contributed by atoms with Crippen LogP contribution in [-0.2, 0) is 24.8 Å². The zero-order chi connectivity index (χ0) is 16.2. The van der Waals surface area contributed by atoms with Crippen LogP contribution in [0, 0.1) is 0 Å². The second-order valence-corrected chi connectivity index (χ2v) is 8.78. The highest BCUT2D eigenvalue weighted by atomic mass is 32.2. The predicted octanol–water partition coefficient (Wildman–Crippen LogP) is 0.556. The normalized spacial score (nSPS) is 24.4. The van der Waals surface area contributed by atoms with E-state index in [1.54, 1.807) is 4.90 Å². The summed E-state index contributed by atoms with van der Waals surface area (Å²) in [6.45, 7) is 5.09. The SMILES string of the molecule is CC(=O)N1CC2(CS(=O)(=O)C2)c2ccc(N3CCOCC3)cc21. The van der Waals surface area contributed by atoms with Gasteiger partial charge in [-0.1, -0.05) is 6.07 Å². The monoisotopic (exact) mass is 336 g/mol. The number of morpholine rings is 1. The largest absolute Gasteiger partial charge is 0.378 e. The molecule has 0 unspecified atom stereocenters. The molecule has 0 saturated carbocycles. The van der Waals surface area contributed by atoms with Crippen molar-refractivity contribution >= 4 is 27.1 Å². The van der Waals surface area contributed by atoms with E-state index in [0.29, 0.717) is 19.8 Å². The van der Waals surface area contributed by atoms with Gasteiger partial charge in [0.05, 0.1) is 24.7 Å². The van der Waals surface area contributed by atoms with Crippen molar-refractivity contribution in [3.8, 4) is 0 Å². The lowest BCUT2D eigenvalue weighted by Crippen LogP contribution is -2.55. The summed E-state index contributed by atoms with van der Waals surface area (Å²) >= 11 is 0. The number of rotatable bonds is 1. The molecule has 2 fully saturated rings. The summed E-state index contributed by atoms with van der Waals surface area (Å²) in [5.41, 5.74) is 2.54. The molecule has 1 aromatic rings. The smallest absolute Gasteiger partial charge is 0.223 e. The highest BCUT2D eigenvalue weighted by Gasteiger charge is 2.55. The average Bonchev–Trinajstić information content (AvgIpc) is 2.82. The van der Waals surface area contributed by atoms with Crippen LogP contribution in [0.4, 0.5) is 11.4 Å². The van der Waals surface area contributed by atoms with Gasteiger partial charge in [0, 0.05) is 43.3 Å². The molecule has 3 heterocycles. The lowest BCUT2D eigenvalue weighted by Gasteiger charge is -2.38. The molecule has 7 heteroatoms. The molecule has 0 aromatic heterocycles. The average molecular weight is 336 g/mol. The van der Waals surface area contributed by atoms with E-state index in [1.807, 2.05) is 18.2 Å². The Morgan fingerprint density at radius 1 is 1.22 bits per heavy atom. The number of ether oxygens (including phenoxy) is 1. The highest BCUT2D eigenvalue weighted by Crippen LogP contribution is 2.48. The van der Waals surface area contributed by atoms with Crippen LogP contribution in [0.15, 0.2) is 18.2 Å². The fraction of sp³-hybridized carbons (Fsp3) is 0.562. The van der Waals surface area contributed by atoms with Crippen LogP contribution < -0.4 is 9.80 Å². The van der Waals surface area contributed by atoms with Crippen LogP contribution in [0.3, 0.4) is 0 Å². The number of nitrogens with zero attached hydrogens (tertiary/aromatic N) is 2. The Balaban J connectivity index is 1.73. The summed E-state index contributed by atoms with van der Waals surface area (Å²) in [7, 11) is -2.96. The lowest BCUT2D eigenvalue weighted by atomic mass is 9.85. The molecule has 6 nitrogen and oxygen atoms in total. The van der Waals surface area contributed by atoms with Crippen LogP contribution in [0.2, 0.25) is 0 Å². The summed E-state index contributed by atoms with van der Waals surface area (Å²) in [6.07, 6.45) is 0. The van der Waals surface area contributed by atoms with Crippen LogP contribution >= 0.6 is 0 Å². The van der Waals surface area contributed by atoms with Gasteiger partial charge >= 0.3 is 0 Å². The Labute approximate surface area is 135 Å². The molecule has 0 atom stereocenters. The molecule has 0 bridgehead atoms. The molecule has 23 heavy (non-hydrogen) atoms. The van der Waals surface area contributed by atoms with Gasteiger partial charge in [0.15, 0.2) is 9.84 Å². The summed E-state index contributed by atoms with van der Waals surface area (Å²) in [5.74, 6) is 0.257. The third-order valence-corrected chi connectivity index (χ3v) is 7.04. The molecule has 2 saturated heterocycles. The number of carbonyl (C=O) groups is 1. The van der Waals surface area contributed by atoms with Gasteiger partial charge in [-0.25, -0.2) is 8.42 Å². The van der Waals surface area contributed by atoms with E-state index in [9.17, 15) is 13.2 Å². The number of hydrogen-bond donors (Lipinski definition) is 0. The summed E-state index contributed by atoms with van der Waals surface area (Å²) in [6, 6.07) is 6.08. The van der Waals surface area contributed by atoms with Crippen LogP contribution in [0.25, 0.3) is 0 Å². The van der Waals surface area contributed by atoms with Gasteiger partial charge in [-0.15, -0.1) is 0 Å². The Hall–Kier alpha value is -1.60. The first-order valence-electron chi connectivity index (χ1n) is 7.86. The number of sulfone groups is 1. The number of hydrogen-bond acceptors (Lipinski definition) is 5. The van der Waals surface area contributed by atoms with Gasteiger partial charge in [-0.2, -0.15) is 0 Å². The topological polar surface area (TPSA) is 66.9 Å². The second-order valence-electron chi connectivity index (χ2n) is 6.72. The number of anilines is 2. The molecular formula is C16H20N2O4S. The first kappa shape index (κ1) is 15.0. The highest BCUT2D eigenvalue weighted by molar-refractivity contribution is 7.93. The van der Waals surface area contributed by atoms with E-state index in [2.05, 4.69) is 4.90 Å². The third kappa shape index (κ3) is 2.33. The zero-order valence-corrected chi connectivity index (χ0v) is 13.9. The van der Waals surface area contributed by atoms with Crippen molar-refractivity contribution in [2.24, 2.45) is 0 Å². The van der Waals surface area contributed by atoms with Gasteiger partial charge in [-0.05, 0) is 17.7 Å². The van der Waals surface area contributed by atoms with E-state index in [1.165, 1.54) is 6.92 Å². The predicted molar refractivity (Wildman–Crippen MR) is 87.8 cm³/mol. The summed E-state index contributed by atoms with van der Waals surface area (Å²) in [4.78, 5) is 16.0. The first-order valence-corrected chi connectivity index (χ1v) is 9.68. The minimum atomic E-state index is -2.96. The Bertz CT molecular complexity index is 756. The maximum Gasteiger partial charge on any atom is 0.223 e. The summed E-state index contributed by atoms with van der Waals surface area (Å²) < 4.78 is 28.8. The molecule has 1 aromatic carbocycles. The van der Waals surface area contributed by atoms with Crippen LogP contribution in [0.5, 0.6) is 0 Å². The molecule has 0 radical (unpaired) electrons.